The summed E-state index contributed by atoms with van der Waals surface area (Å²) in [5, 5.41) is 6.40. The van der Waals surface area contributed by atoms with Crippen molar-refractivity contribution in [1.82, 2.24) is 4.68 Å². The fourth-order valence-corrected chi connectivity index (χ4v) is 3.84. The maximum Gasteiger partial charge on any atom is 0.328 e. The van der Waals surface area contributed by atoms with Gasteiger partial charge in [-0.25, -0.2) is 4.68 Å². The van der Waals surface area contributed by atoms with Gasteiger partial charge in [0.05, 0.1) is 7.11 Å². The summed E-state index contributed by atoms with van der Waals surface area (Å²) < 4.78 is 17.2. The van der Waals surface area contributed by atoms with Crippen molar-refractivity contribution in [3.63, 3.8) is 0 Å². The van der Waals surface area contributed by atoms with Gasteiger partial charge in [-0.15, -0.1) is 0 Å². The number of anilines is 2. The molecule has 182 valence electrons. The van der Waals surface area contributed by atoms with Crippen LogP contribution in [0.1, 0.15) is 10.5 Å². The van der Waals surface area contributed by atoms with Crippen LogP contribution in [0, 0.1) is 0 Å². The number of ether oxygens (including phenoxy) is 3. The van der Waals surface area contributed by atoms with E-state index >= 15 is 0 Å². The first-order valence-electron chi connectivity index (χ1n) is 10.7. The summed E-state index contributed by atoms with van der Waals surface area (Å²) in [5.41, 5.74) is 3.83. The minimum absolute atomic E-state index is 0.0775. The largest absolute Gasteiger partial charge is 0.494 e. The van der Waals surface area contributed by atoms with Crippen molar-refractivity contribution in [2.75, 3.05) is 30.0 Å². The Balaban J connectivity index is 1.43. The van der Waals surface area contributed by atoms with E-state index in [0.29, 0.717) is 44.5 Å². The lowest BCUT2D eigenvalue weighted by atomic mass is 10.2. The maximum atomic E-state index is 13.2. The first kappa shape index (κ1) is 23.1. The van der Waals surface area contributed by atoms with E-state index in [4.69, 9.17) is 25.8 Å². The Bertz CT molecular complexity index is 1500. The molecule has 0 radical (unpaired) electrons. The molecule has 3 N–H and O–H groups in total. The standard InChI is InChI=1S/C25H19ClN4O6/c1-34-20-4-2-3-14-11-18(23(31)27-16-7-5-15(26)6-8-16)30(22(14)20)29-25(33)24(32)28-17-9-10-19-21(12-17)36-13-35-19/h2-12H,13H2,1H3,(H,27,31)(H,28,32)(H,29,33). The fraction of sp³-hybridized carbons (Fsp3) is 0.0800. The van der Waals surface area contributed by atoms with Crippen molar-refractivity contribution in [1.29, 1.82) is 0 Å². The van der Waals surface area contributed by atoms with E-state index in [0.717, 1.165) is 0 Å². The third-order valence-electron chi connectivity index (χ3n) is 5.39. The third kappa shape index (κ3) is 4.49. The molecule has 4 aromatic rings. The molecule has 0 saturated carbocycles. The van der Waals surface area contributed by atoms with Gasteiger partial charge in [0.2, 0.25) is 6.79 Å². The molecule has 0 atom stereocenters. The Labute approximate surface area is 209 Å². The summed E-state index contributed by atoms with van der Waals surface area (Å²) in [6.45, 7) is 0.0800. The van der Waals surface area contributed by atoms with Gasteiger partial charge in [-0.05, 0) is 48.5 Å². The number of methoxy groups -OCH3 is 1. The van der Waals surface area contributed by atoms with Crippen LogP contribution in [0.5, 0.6) is 17.2 Å². The van der Waals surface area contributed by atoms with Gasteiger partial charge in [0.15, 0.2) is 11.5 Å². The van der Waals surface area contributed by atoms with Crippen molar-refractivity contribution in [3.05, 3.63) is 77.4 Å². The summed E-state index contributed by atoms with van der Waals surface area (Å²) in [5.74, 6) is -1.08. The predicted octanol–water partition coefficient (Wildman–Crippen LogP) is 3.99. The van der Waals surface area contributed by atoms with Crippen LogP contribution < -0.4 is 30.3 Å². The van der Waals surface area contributed by atoms with Crippen LogP contribution in [-0.4, -0.2) is 36.3 Å². The first-order chi connectivity index (χ1) is 17.4. The molecule has 1 aromatic heterocycles. The molecular weight excluding hydrogens is 488 g/mol. The summed E-state index contributed by atoms with van der Waals surface area (Å²) in [6, 6.07) is 18.1. The minimum atomic E-state index is -1.00. The molecule has 10 nitrogen and oxygen atoms in total. The number of carbonyl (C=O) groups is 3. The zero-order valence-corrected chi connectivity index (χ0v) is 19.6. The van der Waals surface area contributed by atoms with Crippen LogP contribution in [0.2, 0.25) is 5.02 Å². The van der Waals surface area contributed by atoms with Gasteiger partial charge in [0, 0.05) is 27.8 Å². The molecule has 0 aliphatic carbocycles. The maximum absolute atomic E-state index is 13.2. The Morgan fingerprint density at radius 2 is 1.64 bits per heavy atom. The summed E-state index contributed by atoms with van der Waals surface area (Å²) in [7, 11) is 1.47. The second-order valence-corrected chi connectivity index (χ2v) is 8.12. The van der Waals surface area contributed by atoms with E-state index in [-0.39, 0.29) is 12.5 Å². The molecule has 1 aliphatic heterocycles. The molecule has 36 heavy (non-hydrogen) atoms. The molecule has 0 unspecified atom stereocenters. The number of rotatable bonds is 5. The number of benzene rings is 3. The SMILES string of the molecule is COc1cccc2cc(C(=O)Nc3ccc(Cl)cc3)n(NC(=O)C(=O)Nc3ccc4c(c3)OCO4)c12. The summed E-state index contributed by atoms with van der Waals surface area (Å²) in [6.07, 6.45) is 0. The minimum Gasteiger partial charge on any atom is -0.494 e. The van der Waals surface area contributed by atoms with Crippen molar-refractivity contribution in [2.24, 2.45) is 0 Å². The molecule has 0 bridgehead atoms. The van der Waals surface area contributed by atoms with E-state index in [2.05, 4.69) is 16.1 Å². The normalized spacial score (nSPS) is 11.7. The number of aromatic nitrogens is 1. The average molecular weight is 507 g/mol. The van der Waals surface area contributed by atoms with Gasteiger partial charge in [-0.1, -0.05) is 23.7 Å². The summed E-state index contributed by atoms with van der Waals surface area (Å²) in [4.78, 5) is 38.7. The predicted molar refractivity (Wildman–Crippen MR) is 133 cm³/mol. The molecule has 11 heteroatoms. The molecule has 3 aromatic carbocycles. The Morgan fingerprint density at radius 1 is 0.889 bits per heavy atom. The molecule has 1 aliphatic rings. The highest BCUT2D eigenvalue weighted by Crippen LogP contribution is 2.34. The number of fused-ring (bicyclic) bond motifs is 2. The summed E-state index contributed by atoms with van der Waals surface area (Å²) >= 11 is 5.92. The van der Waals surface area contributed by atoms with Gasteiger partial charge in [-0.2, -0.15) is 0 Å². The van der Waals surface area contributed by atoms with Crippen LogP contribution in [0.3, 0.4) is 0 Å². The molecule has 0 fully saturated rings. The van der Waals surface area contributed by atoms with Crippen molar-refractivity contribution in [2.45, 2.75) is 0 Å². The highest BCUT2D eigenvalue weighted by atomic mass is 35.5. The zero-order chi connectivity index (χ0) is 25.2. The molecule has 5 rings (SSSR count). The second-order valence-electron chi connectivity index (χ2n) is 7.69. The Hall–Kier alpha value is -4.70. The lowest BCUT2D eigenvalue weighted by molar-refractivity contribution is -0.133. The fourth-order valence-electron chi connectivity index (χ4n) is 3.72. The monoisotopic (exact) mass is 506 g/mol. The number of nitrogens with zero attached hydrogens (tertiary/aromatic N) is 1. The van der Waals surface area contributed by atoms with Crippen molar-refractivity contribution in [3.8, 4) is 17.2 Å². The number of hydrogen-bond acceptors (Lipinski definition) is 6. The third-order valence-corrected chi connectivity index (χ3v) is 5.64. The van der Waals surface area contributed by atoms with Gasteiger partial charge in [-0.3, -0.25) is 19.8 Å². The number of halogens is 1. The molecule has 2 heterocycles. The van der Waals surface area contributed by atoms with Gasteiger partial charge in [0.25, 0.3) is 5.91 Å². The lowest BCUT2D eigenvalue weighted by Crippen LogP contribution is -2.36. The highest BCUT2D eigenvalue weighted by Gasteiger charge is 2.23. The first-order valence-corrected chi connectivity index (χ1v) is 11.1. The average Bonchev–Trinajstić information content (AvgIpc) is 3.49. The molecule has 0 saturated heterocycles. The number of hydrogen-bond donors (Lipinski definition) is 3. The topological polar surface area (TPSA) is 120 Å². The highest BCUT2D eigenvalue weighted by molar-refractivity contribution is 6.42. The Kier molecular flexibility index (Phi) is 6.09. The number of para-hydroxylation sites is 1. The van der Waals surface area contributed by atoms with Crippen LogP contribution in [0.25, 0.3) is 10.9 Å². The van der Waals surface area contributed by atoms with Crippen molar-refractivity contribution >= 4 is 51.6 Å². The number of carbonyl (C=O) groups excluding carboxylic acids is 3. The van der Waals surface area contributed by atoms with Crippen LogP contribution >= 0.6 is 11.6 Å². The number of nitrogens with one attached hydrogen (secondary N) is 3. The van der Waals surface area contributed by atoms with Gasteiger partial charge < -0.3 is 24.8 Å². The molecule has 3 amide bonds. The van der Waals surface area contributed by atoms with Gasteiger partial charge >= 0.3 is 11.8 Å². The number of amides is 3. The lowest BCUT2D eigenvalue weighted by Gasteiger charge is -2.14. The van der Waals surface area contributed by atoms with Crippen LogP contribution in [0.4, 0.5) is 11.4 Å². The van der Waals surface area contributed by atoms with Gasteiger partial charge in [0.1, 0.15) is 17.0 Å². The zero-order valence-electron chi connectivity index (χ0n) is 18.8. The van der Waals surface area contributed by atoms with E-state index in [1.54, 1.807) is 66.7 Å². The van der Waals surface area contributed by atoms with Crippen LogP contribution in [-0.2, 0) is 9.59 Å². The van der Waals surface area contributed by atoms with E-state index < -0.39 is 17.7 Å². The quantitative estimate of drug-likeness (QED) is 0.352. The molecular formula is C25H19ClN4O6. The molecule has 0 spiro atoms. The second kappa shape index (κ2) is 9.51. The smallest absolute Gasteiger partial charge is 0.328 e. The van der Waals surface area contributed by atoms with Crippen molar-refractivity contribution < 1.29 is 28.6 Å². The van der Waals surface area contributed by atoms with E-state index in [1.807, 2.05) is 0 Å². The Morgan fingerprint density at radius 3 is 2.42 bits per heavy atom. The van der Waals surface area contributed by atoms with Crippen LogP contribution in [0.15, 0.2) is 66.7 Å². The van der Waals surface area contributed by atoms with E-state index in [1.165, 1.54) is 11.8 Å². The van der Waals surface area contributed by atoms with E-state index in [9.17, 15) is 14.4 Å².